The molecule has 1 aliphatic carbocycles. The zero-order chi connectivity index (χ0) is 15.7. The summed E-state index contributed by atoms with van der Waals surface area (Å²) < 4.78 is 1.88. The number of aromatic nitrogens is 1. The highest BCUT2D eigenvalue weighted by molar-refractivity contribution is 9.10. The molecule has 0 bridgehead atoms. The molecule has 1 heterocycles. The van der Waals surface area contributed by atoms with E-state index in [0.717, 1.165) is 19.3 Å². The van der Waals surface area contributed by atoms with E-state index < -0.39 is 5.97 Å². The van der Waals surface area contributed by atoms with Gasteiger partial charge < -0.3 is 9.67 Å². The molecule has 0 spiro atoms. The molecule has 4 nitrogen and oxygen atoms in total. The number of aromatic carboxylic acids is 1. The van der Waals surface area contributed by atoms with Crippen LogP contribution in [0.15, 0.2) is 51.9 Å². The maximum absolute atomic E-state index is 12.3. The molecule has 1 saturated carbocycles. The van der Waals surface area contributed by atoms with Crippen molar-refractivity contribution in [3.05, 3.63) is 68.5 Å². The second-order valence-electron chi connectivity index (χ2n) is 5.67. The first-order chi connectivity index (χ1) is 10.6. The first kappa shape index (κ1) is 15.0. The molecule has 1 N–H and O–H groups in total. The van der Waals surface area contributed by atoms with Crippen LogP contribution in [-0.4, -0.2) is 15.6 Å². The molecule has 2 aromatic rings. The summed E-state index contributed by atoms with van der Waals surface area (Å²) >= 11 is 3.18. The minimum atomic E-state index is -1.02. The Morgan fingerprint density at radius 2 is 1.95 bits per heavy atom. The Morgan fingerprint density at radius 3 is 2.64 bits per heavy atom. The monoisotopic (exact) mass is 361 g/mol. The van der Waals surface area contributed by atoms with Crippen molar-refractivity contribution in [2.75, 3.05) is 0 Å². The van der Waals surface area contributed by atoms with Gasteiger partial charge in [-0.25, -0.2) is 4.79 Å². The van der Waals surface area contributed by atoms with Crippen LogP contribution >= 0.6 is 15.9 Å². The van der Waals surface area contributed by atoms with Crippen molar-refractivity contribution < 1.29 is 9.90 Å². The molecule has 1 aliphatic rings. The maximum Gasteiger partial charge on any atom is 0.337 e. The average molecular weight is 362 g/mol. The first-order valence-electron chi connectivity index (χ1n) is 7.26. The average Bonchev–Trinajstić information content (AvgIpc) is 3.00. The standard InChI is InChI=1S/C17H16BrNO3/c18-15-9-13(17(21)22)10-19(16(15)20)14-7-6-12(8-14)11-4-2-1-3-5-11/h1-5,9-10,12,14H,6-8H2,(H,21,22)/t12-,14-/m1/s1. The van der Waals surface area contributed by atoms with E-state index in [2.05, 4.69) is 28.1 Å². The van der Waals surface area contributed by atoms with Crippen LogP contribution in [0.1, 0.15) is 47.1 Å². The van der Waals surface area contributed by atoms with Gasteiger partial charge in [-0.05, 0) is 52.7 Å². The van der Waals surface area contributed by atoms with Gasteiger partial charge >= 0.3 is 5.97 Å². The number of halogens is 1. The molecule has 1 aromatic heterocycles. The van der Waals surface area contributed by atoms with Crippen LogP contribution in [0, 0.1) is 0 Å². The van der Waals surface area contributed by atoms with Gasteiger partial charge in [-0.2, -0.15) is 0 Å². The number of hydrogen-bond acceptors (Lipinski definition) is 2. The third kappa shape index (κ3) is 2.86. The van der Waals surface area contributed by atoms with E-state index in [1.165, 1.54) is 17.8 Å². The largest absolute Gasteiger partial charge is 0.478 e. The summed E-state index contributed by atoms with van der Waals surface area (Å²) in [6, 6.07) is 11.7. The van der Waals surface area contributed by atoms with E-state index in [4.69, 9.17) is 5.11 Å². The van der Waals surface area contributed by atoms with Gasteiger partial charge in [0, 0.05) is 12.2 Å². The topological polar surface area (TPSA) is 59.3 Å². The van der Waals surface area contributed by atoms with E-state index in [1.807, 2.05) is 18.2 Å². The summed E-state index contributed by atoms with van der Waals surface area (Å²) in [6.07, 6.45) is 4.22. The van der Waals surface area contributed by atoms with Crippen molar-refractivity contribution >= 4 is 21.9 Å². The highest BCUT2D eigenvalue weighted by Crippen LogP contribution is 2.40. The van der Waals surface area contributed by atoms with E-state index in [-0.39, 0.29) is 17.2 Å². The Hall–Kier alpha value is -1.88. The lowest BCUT2D eigenvalue weighted by Crippen LogP contribution is -2.25. The summed E-state index contributed by atoms with van der Waals surface area (Å²) in [4.78, 5) is 23.5. The zero-order valence-electron chi connectivity index (χ0n) is 11.9. The fourth-order valence-corrected chi connectivity index (χ4v) is 3.65. The Bertz CT molecular complexity index is 754. The van der Waals surface area contributed by atoms with Gasteiger partial charge in [-0.1, -0.05) is 30.3 Å². The van der Waals surface area contributed by atoms with Crippen molar-refractivity contribution in [2.45, 2.75) is 31.2 Å². The second-order valence-corrected chi connectivity index (χ2v) is 6.52. The SMILES string of the molecule is O=C(O)c1cc(Br)c(=O)n([C@@H]2CC[C@@H](c3ccccc3)C2)c1. The van der Waals surface area contributed by atoms with Crippen LogP contribution in [0.5, 0.6) is 0 Å². The first-order valence-corrected chi connectivity index (χ1v) is 8.05. The van der Waals surface area contributed by atoms with Gasteiger partial charge in [0.15, 0.2) is 0 Å². The van der Waals surface area contributed by atoms with Crippen LogP contribution in [0.25, 0.3) is 0 Å². The van der Waals surface area contributed by atoms with Crippen LogP contribution in [0.2, 0.25) is 0 Å². The molecule has 0 amide bonds. The number of carboxylic acids is 1. The van der Waals surface area contributed by atoms with Crippen molar-refractivity contribution in [3.8, 4) is 0 Å². The Balaban J connectivity index is 1.90. The summed E-state index contributed by atoms with van der Waals surface area (Å²) in [5, 5.41) is 9.16. The van der Waals surface area contributed by atoms with Gasteiger partial charge in [-0.3, -0.25) is 4.79 Å². The lowest BCUT2D eigenvalue weighted by Gasteiger charge is -2.16. The molecule has 3 rings (SSSR count). The molecule has 1 fully saturated rings. The summed E-state index contributed by atoms with van der Waals surface area (Å²) in [5.74, 6) is -0.600. The van der Waals surface area contributed by atoms with Crippen molar-refractivity contribution in [1.29, 1.82) is 0 Å². The second kappa shape index (κ2) is 6.08. The molecule has 0 aliphatic heterocycles. The molecule has 0 radical (unpaired) electrons. The van der Waals surface area contributed by atoms with Crippen molar-refractivity contribution in [3.63, 3.8) is 0 Å². The molecule has 0 saturated heterocycles. The van der Waals surface area contributed by atoms with Crippen LogP contribution < -0.4 is 5.56 Å². The highest BCUT2D eigenvalue weighted by Gasteiger charge is 2.28. The minimum absolute atomic E-state index is 0.0494. The van der Waals surface area contributed by atoms with E-state index in [0.29, 0.717) is 10.4 Å². The number of carboxylic acid groups (broad SMARTS) is 1. The van der Waals surface area contributed by atoms with Gasteiger partial charge in [0.25, 0.3) is 5.56 Å². The quantitative estimate of drug-likeness (QED) is 0.903. The van der Waals surface area contributed by atoms with Crippen LogP contribution in [-0.2, 0) is 0 Å². The Morgan fingerprint density at radius 1 is 1.23 bits per heavy atom. The zero-order valence-corrected chi connectivity index (χ0v) is 13.5. The minimum Gasteiger partial charge on any atom is -0.478 e. The van der Waals surface area contributed by atoms with Gasteiger partial charge in [-0.15, -0.1) is 0 Å². The van der Waals surface area contributed by atoms with Crippen LogP contribution in [0.4, 0.5) is 0 Å². The fourth-order valence-electron chi connectivity index (χ4n) is 3.19. The number of hydrogen-bond donors (Lipinski definition) is 1. The highest BCUT2D eigenvalue weighted by atomic mass is 79.9. The van der Waals surface area contributed by atoms with Crippen molar-refractivity contribution in [1.82, 2.24) is 4.57 Å². The third-order valence-electron chi connectivity index (χ3n) is 4.32. The molecule has 22 heavy (non-hydrogen) atoms. The lowest BCUT2D eigenvalue weighted by atomic mass is 9.97. The molecular formula is C17H16BrNO3. The molecule has 114 valence electrons. The van der Waals surface area contributed by atoms with Crippen LogP contribution in [0.3, 0.4) is 0 Å². The number of carbonyl (C=O) groups is 1. The summed E-state index contributed by atoms with van der Waals surface area (Å²) in [6.45, 7) is 0. The maximum atomic E-state index is 12.3. The molecule has 0 unspecified atom stereocenters. The van der Waals surface area contributed by atoms with Gasteiger partial charge in [0.1, 0.15) is 0 Å². The van der Waals surface area contributed by atoms with Gasteiger partial charge in [0.05, 0.1) is 10.0 Å². The Labute approximate surface area is 136 Å². The van der Waals surface area contributed by atoms with Gasteiger partial charge in [0.2, 0.25) is 0 Å². The smallest absolute Gasteiger partial charge is 0.337 e. The number of pyridine rings is 1. The molecule has 5 heteroatoms. The fraction of sp³-hybridized carbons (Fsp3) is 0.294. The van der Waals surface area contributed by atoms with Crippen molar-refractivity contribution in [2.24, 2.45) is 0 Å². The third-order valence-corrected chi connectivity index (χ3v) is 4.88. The number of benzene rings is 1. The lowest BCUT2D eigenvalue weighted by molar-refractivity contribution is 0.0695. The number of rotatable bonds is 3. The van der Waals surface area contributed by atoms with E-state index in [9.17, 15) is 9.59 Å². The molecule has 2 atom stereocenters. The van der Waals surface area contributed by atoms with E-state index in [1.54, 1.807) is 4.57 Å². The normalized spacial score (nSPS) is 21.0. The van der Waals surface area contributed by atoms with E-state index >= 15 is 0 Å². The molecular weight excluding hydrogens is 346 g/mol. The summed E-state index contributed by atoms with van der Waals surface area (Å²) in [5.41, 5.74) is 1.25. The number of nitrogens with zero attached hydrogens (tertiary/aromatic N) is 1. The molecule has 1 aromatic carbocycles. The predicted molar refractivity (Wildman–Crippen MR) is 87.4 cm³/mol. The summed E-state index contributed by atoms with van der Waals surface area (Å²) in [7, 11) is 0. The predicted octanol–water partition coefficient (Wildman–Crippen LogP) is 3.82. The Kier molecular flexibility index (Phi) is 4.16.